The van der Waals surface area contributed by atoms with Crippen LogP contribution in [0.1, 0.15) is 11.1 Å². The molecule has 0 fully saturated rings. The fourth-order valence-electron chi connectivity index (χ4n) is 2.16. The van der Waals surface area contributed by atoms with Crippen LogP contribution in [0.4, 0.5) is 5.69 Å². The van der Waals surface area contributed by atoms with Crippen molar-refractivity contribution in [3.63, 3.8) is 0 Å². The van der Waals surface area contributed by atoms with E-state index in [0.29, 0.717) is 29.4 Å². The summed E-state index contributed by atoms with van der Waals surface area (Å²) in [7, 11) is 4.72. The molecule has 2 aromatic rings. The number of nitriles is 1. The van der Waals surface area contributed by atoms with E-state index in [1.807, 2.05) is 30.3 Å². The Labute approximate surface area is 130 Å². The first kappa shape index (κ1) is 15.5. The molecule has 22 heavy (non-hydrogen) atoms. The standard InChI is InChI=1S/C17H18N2O3/c1-20-15-8-14(9-16(21-2)17(15)22-3)19-11-13-7-5-4-6-12(13)10-18/h4-9,19H,11H2,1-3H3. The minimum atomic E-state index is 0.530. The van der Waals surface area contributed by atoms with E-state index in [0.717, 1.165) is 11.3 Å². The second-order valence-electron chi connectivity index (χ2n) is 4.54. The monoisotopic (exact) mass is 298 g/mol. The van der Waals surface area contributed by atoms with Crippen LogP contribution in [0.15, 0.2) is 36.4 Å². The first-order chi connectivity index (χ1) is 10.7. The minimum Gasteiger partial charge on any atom is -0.493 e. The highest BCUT2D eigenvalue weighted by atomic mass is 16.5. The molecule has 0 heterocycles. The molecule has 0 bridgehead atoms. The van der Waals surface area contributed by atoms with Gasteiger partial charge in [-0.25, -0.2) is 0 Å². The molecular formula is C17H18N2O3. The summed E-state index contributed by atoms with van der Waals surface area (Å²) in [6.07, 6.45) is 0. The van der Waals surface area contributed by atoms with Gasteiger partial charge in [0.15, 0.2) is 11.5 Å². The van der Waals surface area contributed by atoms with Gasteiger partial charge in [0.1, 0.15) is 0 Å². The molecule has 0 aliphatic rings. The average Bonchev–Trinajstić information content (AvgIpc) is 2.58. The van der Waals surface area contributed by atoms with Crippen molar-refractivity contribution >= 4 is 5.69 Å². The van der Waals surface area contributed by atoms with Crippen LogP contribution in [-0.2, 0) is 6.54 Å². The summed E-state index contributed by atoms with van der Waals surface area (Å²) in [4.78, 5) is 0. The number of hydrogen-bond donors (Lipinski definition) is 1. The Hall–Kier alpha value is -2.87. The third kappa shape index (κ3) is 3.23. The largest absolute Gasteiger partial charge is 0.493 e. The predicted molar refractivity (Wildman–Crippen MR) is 84.6 cm³/mol. The molecule has 0 spiro atoms. The summed E-state index contributed by atoms with van der Waals surface area (Å²) >= 11 is 0. The zero-order valence-corrected chi connectivity index (χ0v) is 12.8. The number of benzene rings is 2. The van der Waals surface area contributed by atoms with Crippen LogP contribution >= 0.6 is 0 Å². The van der Waals surface area contributed by atoms with Crippen LogP contribution < -0.4 is 19.5 Å². The third-order valence-corrected chi connectivity index (χ3v) is 3.29. The van der Waals surface area contributed by atoms with Gasteiger partial charge < -0.3 is 19.5 Å². The smallest absolute Gasteiger partial charge is 0.203 e. The van der Waals surface area contributed by atoms with Crippen molar-refractivity contribution < 1.29 is 14.2 Å². The number of ether oxygens (including phenoxy) is 3. The van der Waals surface area contributed by atoms with Crippen LogP contribution in [0.3, 0.4) is 0 Å². The van der Waals surface area contributed by atoms with Gasteiger partial charge in [0, 0.05) is 24.4 Å². The van der Waals surface area contributed by atoms with Crippen LogP contribution in [-0.4, -0.2) is 21.3 Å². The van der Waals surface area contributed by atoms with Gasteiger partial charge in [-0.2, -0.15) is 5.26 Å². The number of anilines is 1. The van der Waals surface area contributed by atoms with Crippen LogP contribution in [0.25, 0.3) is 0 Å². The fraction of sp³-hybridized carbons (Fsp3) is 0.235. The van der Waals surface area contributed by atoms with E-state index in [2.05, 4.69) is 11.4 Å². The van der Waals surface area contributed by atoms with E-state index in [4.69, 9.17) is 19.5 Å². The summed E-state index contributed by atoms with van der Waals surface area (Å²) in [6, 6.07) is 13.3. The third-order valence-electron chi connectivity index (χ3n) is 3.29. The molecule has 0 radical (unpaired) electrons. The lowest BCUT2D eigenvalue weighted by Crippen LogP contribution is -2.03. The lowest BCUT2D eigenvalue weighted by Gasteiger charge is -2.15. The molecule has 0 aliphatic carbocycles. The Bertz CT molecular complexity index is 668. The van der Waals surface area contributed by atoms with E-state index in [-0.39, 0.29) is 0 Å². The van der Waals surface area contributed by atoms with Crippen molar-refractivity contribution in [2.45, 2.75) is 6.54 Å². The maximum absolute atomic E-state index is 9.11. The van der Waals surface area contributed by atoms with E-state index >= 15 is 0 Å². The molecule has 1 N–H and O–H groups in total. The Morgan fingerprint density at radius 3 is 2.18 bits per heavy atom. The summed E-state index contributed by atoms with van der Waals surface area (Å²) in [5.41, 5.74) is 2.41. The number of methoxy groups -OCH3 is 3. The number of nitrogens with one attached hydrogen (secondary N) is 1. The number of nitrogens with zero attached hydrogens (tertiary/aromatic N) is 1. The summed E-state index contributed by atoms with van der Waals surface area (Å²) < 4.78 is 15.9. The predicted octanol–water partition coefficient (Wildman–Crippen LogP) is 3.20. The maximum atomic E-state index is 9.11. The Balaban J connectivity index is 2.25. The van der Waals surface area contributed by atoms with E-state index in [1.54, 1.807) is 27.4 Å². The molecule has 0 unspecified atom stereocenters. The Morgan fingerprint density at radius 2 is 1.64 bits per heavy atom. The maximum Gasteiger partial charge on any atom is 0.203 e. The van der Waals surface area contributed by atoms with E-state index in [1.165, 1.54) is 0 Å². The summed E-state index contributed by atoms with van der Waals surface area (Å²) in [6.45, 7) is 0.530. The van der Waals surface area contributed by atoms with Crippen molar-refractivity contribution in [1.29, 1.82) is 5.26 Å². The second kappa shape index (κ2) is 7.23. The normalized spacial score (nSPS) is 9.73. The van der Waals surface area contributed by atoms with Crippen molar-refractivity contribution in [1.82, 2.24) is 0 Å². The molecule has 0 amide bonds. The molecular weight excluding hydrogens is 280 g/mol. The number of hydrogen-bond acceptors (Lipinski definition) is 5. The first-order valence-corrected chi connectivity index (χ1v) is 6.75. The van der Waals surface area contributed by atoms with Crippen LogP contribution in [0.5, 0.6) is 17.2 Å². The first-order valence-electron chi connectivity index (χ1n) is 6.75. The quantitative estimate of drug-likeness (QED) is 0.887. The summed E-state index contributed by atoms with van der Waals surface area (Å²) in [5.74, 6) is 1.71. The van der Waals surface area contributed by atoms with Crippen LogP contribution in [0.2, 0.25) is 0 Å². The van der Waals surface area contributed by atoms with Crippen molar-refractivity contribution in [2.75, 3.05) is 26.6 Å². The SMILES string of the molecule is COc1cc(NCc2ccccc2C#N)cc(OC)c1OC. The summed E-state index contributed by atoms with van der Waals surface area (Å²) in [5, 5.41) is 12.4. The molecule has 0 aromatic heterocycles. The fourth-order valence-corrected chi connectivity index (χ4v) is 2.16. The van der Waals surface area contributed by atoms with Crippen molar-refractivity contribution in [3.8, 4) is 23.3 Å². The Morgan fingerprint density at radius 1 is 1.00 bits per heavy atom. The lowest BCUT2D eigenvalue weighted by atomic mass is 10.1. The highest BCUT2D eigenvalue weighted by Crippen LogP contribution is 2.40. The average molecular weight is 298 g/mol. The molecule has 0 saturated carbocycles. The van der Waals surface area contributed by atoms with Gasteiger partial charge in [0.25, 0.3) is 0 Å². The number of rotatable bonds is 6. The molecule has 0 saturated heterocycles. The zero-order valence-electron chi connectivity index (χ0n) is 12.8. The van der Waals surface area contributed by atoms with Gasteiger partial charge in [0.2, 0.25) is 5.75 Å². The van der Waals surface area contributed by atoms with Gasteiger partial charge in [0.05, 0.1) is 33.0 Å². The highest BCUT2D eigenvalue weighted by Gasteiger charge is 2.13. The highest BCUT2D eigenvalue weighted by molar-refractivity contribution is 5.62. The molecule has 0 aliphatic heterocycles. The molecule has 2 rings (SSSR count). The van der Waals surface area contributed by atoms with Crippen molar-refractivity contribution in [3.05, 3.63) is 47.5 Å². The van der Waals surface area contributed by atoms with E-state index in [9.17, 15) is 0 Å². The Kier molecular flexibility index (Phi) is 5.10. The molecule has 114 valence electrons. The molecule has 0 atom stereocenters. The minimum absolute atomic E-state index is 0.530. The topological polar surface area (TPSA) is 63.5 Å². The lowest BCUT2D eigenvalue weighted by molar-refractivity contribution is 0.324. The van der Waals surface area contributed by atoms with Crippen molar-refractivity contribution in [2.24, 2.45) is 0 Å². The van der Waals surface area contributed by atoms with Gasteiger partial charge in [-0.3, -0.25) is 0 Å². The van der Waals surface area contributed by atoms with Gasteiger partial charge in [-0.05, 0) is 11.6 Å². The second-order valence-corrected chi connectivity index (χ2v) is 4.54. The van der Waals surface area contributed by atoms with Gasteiger partial charge in [-0.1, -0.05) is 18.2 Å². The molecule has 5 heteroatoms. The molecule has 2 aromatic carbocycles. The van der Waals surface area contributed by atoms with Gasteiger partial charge in [-0.15, -0.1) is 0 Å². The molecule has 5 nitrogen and oxygen atoms in total. The zero-order chi connectivity index (χ0) is 15.9. The van der Waals surface area contributed by atoms with Gasteiger partial charge >= 0.3 is 0 Å². The van der Waals surface area contributed by atoms with E-state index < -0.39 is 0 Å². The van der Waals surface area contributed by atoms with Crippen LogP contribution in [0, 0.1) is 11.3 Å².